The molecule has 1 saturated heterocycles. The van der Waals surface area contributed by atoms with Crippen LogP contribution in [0.2, 0.25) is 0 Å². The van der Waals surface area contributed by atoms with Crippen molar-refractivity contribution in [1.29, 1.82) is 0 Å². The third-order valence-corrected chi connectivity index (χ3v) is 7.34. The second-order valence-electron chi connectivity index (χ2n) is 7.53. The van der Waals surface area contributed by atoms with E-state index in [9.17, 15) is 18.0 Å². The molecule has 0 aliphatic carbocycles. The van der Waals surface area contributed by atoms with Gasteiger partial charge in [-0.25, -0.2) is 18.0 Å². The molecular formula is C22H25N3O7S. The van der Waals surface area contributed by atoms with Crippen LogP contribution in [0.1, 0.15) is 25.6 Å². The molecule has 1 fully saturated rings. The van der Waals surface area contributed by atoms with E-state index >= 15 is 0 Å². The Balaban J connectivity index is 1.58. The number of urea groups is 1. The number of nitrogens with zero attached hydrogens (tertiary/aromatic N) is 1. The van der Waals surface area contributed by atoms with Crippen LogP contribution in [0.25, 0.3) is 11.3 Å². The molecule has 1 aromatic carbocycles. The van der Waals surface area contributed by atoms with Gasteiger partial charge in [0.1, 0.15) is 17.6 Å². The van der Waals surface area contributed by atoms with E-state index in [1.54, 1.807) is 38.1 Å². The zero-order chi connectivity index (χ0) is 23.6. The number of carbonyl (C=O) groups is 2. The quantitative estimate of drug-likeness (QED) is 0.613. The summed E-state index contributed by atoms with van der Waals surface area (Å²) in [7, 11) is -3.60. The van der Waals surface area contributed by atoms with E-state index < -0.39 is 28.1 Å². The van der Waals surface area contributed by atoms with Crippen LogP contribution in [0.3, 0.4) is 0 Å². The summed E-state index contributed by atoms with van der Waals surface area (Å²) in [4.78, 5) is 24.6. The third-order valence-electron chi connectivity index (χ3n) is 5.42. The molecule has 176 valence electrons. The highest BCUT2D eigenvalue weighted by Crippen LogP contribution is 2.32. The summed E-state index contributed by atoms with van der Waals surface area (Å²) in [6, 6.07) is 8.47. The lowest BCUT2D eigenvalue weighted by Crippen LogP contribution is -2.45. The van der Waals surface area contributed by atoms with E-state index in [-0.39, 0.29) is 17.1 Å². The first-order valence-corrected chi connectivity index (χ1v) is 12.0. The van der Waals surface area contributed by atoms with Crippen LogP contribution in [-0.4, -0.2) is 57.6 Å². The average Bonchev–Trinajstić information content (AvgIpc) is 3.29. The number of sulfonamides is 1. The van der Waals surface area contributed by atoms with Gasteiger partial charge in [-0.15, -0.1) is 0 Å². The number of ether oxygens (including phenoxy) is 2. The summed E-state index contributed by atoms with van der Waals surface area (Å²) < 4.78 is 43.3. The number of rotatable bonds is 6. The maximum Gasteiger partial charge on any atom is 0.338 e. The number of allylic oxidation sites excluding steroid dienone is 1. The van der Waals surface area contributed by atoms with Crippen molar-refractivity contribution in [2.45, 2.75) is 24.8 Å². The number of esters is 1. The van der Waals surface area contributed by atoms with Crippen LogP contribution < -0.4 is 10.6 Å². The Morgan fingerprint density at radius 3 is 2.52 bits per heavy atom. The SMILES string of the molecule is CCOC(=O)C1=C(C)NC(=O)N[C@@H]1c1ccc(-c2ccc(S(=O)(=O)N3CCOCC3)cc2)o1. The van der Waals surface area contributed by atoms with Crippen molar-refractivity contribution in [3.63, 3.8) is 0 Å². The fraction of sp³-hybridized carbons (Fsp3) is 0.364. The van der Waals surface area contributed by atoms with Crippen molar-refractivity contribution < 1.29 is 31.9 Å². The molecule has 1 atom stereocenters. The maximum atomic E-state index is 12.8. The molecule has 1 aromatic heterocycles. The van der Waals surface area contributed by atoms with Crippen LogP contribution in [0, 0.1) is 0 Å². The van der Waals surface area contributed by atoms with Crippen LogP contribution in [0.15, 0.2) is 57.0 Å². The number of carbonyl (C=O) groups excluding carboxylic acids is 2. The maximum absolute atomic E-state index is 12.8. The zero-order valence-corrected chi connectivity index (χ0v) is 19.1. The molecule has 2 aromatic rings. The normalized spacial score (nSPS) is 19.7. The molecule has 0 unspecified atom stereocenters. The summed E-state index contributed by atoms with van der Waals surface area (Å²) in [5.41, 5.74) is 1.29. The first-order chi connectivity index (χ1) is 15.8. The highest BCUT2D eigenvalue weighted by molar-refractivity contribution is 7.89. The molecule has 4 rings (SSSR count). The van der Waals surface area contributed by atoms with E-state index in [1.807, 2.05) is 0 Å². The fourth-order valence-corrected chi connectivity index (χ4v) is 5.18. The molecule has 33 heavy (non-hydrogen) atoms. The van der Waals surface area contributed by atoms with Crippen LogP contribution in [0.5, 0.6) is 0 Å². The second kappa shape index (κ2) is 9.38. The Morgan fingerprint density at radius 2 is 1.85 bits per heavy atom. The van der Waals surface area contributed by atoms with Crippen molar-refractivity contribution in [2.75, 3.05) is 32.9 Å². The molecule has 0 bridgehead atoms. The Morgan fingerprint density at radius 1 is 1.15 bits per heavy atom. The van der Waals surface area contributed by atoms with Crippen molar-refractivity contribution >= 4 is 22.0 Å². The summed E-state index contributed by atoms with van der Waals surface area (Å²) in [5.74, 6) is 0.268. The number of hydrogen-bond acceptors (Lipinski definition) is 7. The smallest absolute Gasteiger partial charge is 0.338 e. The number of amides is 2. The largest absolute Gasteiger partial charge is 0.463 e. The zero-order valence-electron chi connectivity index (χ0n) is 18.3. The molecular weight excluding hydrogens is 450 g/mol. The van der Waals surface area contributed by atoms with Crippen molar-refractivity contribution in [3.05, 3.63) is 53.4 Å². The van der Waals surface area contributed by atoms with Gasteiger partial charge in [0.05, 0.1) is 30.3 Å². The Kier molecular flexibility index (Phi) is 6.54. The minimum Gasteiger partial charge on any atom is -0.463 e. The Hall–Kier alpha value is -3.15. The molecule has 0 radical (unpaired) electrons. The summed E-state index contributed by atoms with van der Waals surface area (Å²) in [6.45, 7) is 4.91. The number of furan rings is 1. The minimum absolute atomic E-state index is 0.189. The van der Waals surface area contributed by atoms with Crippen molar-refractivity contribution in [2.24, 2.45) is 0 Å². The van der Waals surface area contributed by atoms with Crippen molar-refractivity contribution in [3.8, 4) is 11.3 Å². The van der Waals surface area contributed by atoms with Crippen LogP contribution in [0.4, 0.5) is 4.79 Å². The lowest BCUT2D eigenvalue weighted by atomic mass is 10.0. The minimum atomic E-state index is -3.60. The standard InChI is InChI=1S/C22H25N3O7S/c1-3-31-21(26)19-14(2)23-22(27)24-20(19)18-9-8-17(32-18)15-4-6-16(7-5-15)33(28,29)25-10-12-30-13-11-25/h4-9,20H,3,10-13H2,1-2H3,(H2,23,24,27)/t20-/m1/s1. The predicted octanol–water partition coefficient (Wildman–Crippen LogP) is 2.16. The van der Waals surface area contributed by atoms with Crippen LogP contribution >= 0.6 is 0 Å². The van der Waals surface area contributed by atoms with Gasteiger partial charge in [-0.3, -0.25) is 0 Å². The highest BCUT2D eigenvalue weighted by Gasteiger charge is 2.34. The molecule has 3 heterocycles. The van der Waals surface area contributed by atoms with E-state index in [1.165, 1.54) is 16.4 Å². The van der Waals surface area contributed by atoms with E-state index in [2.05, 4.69) is 10.6 Å². The monoisotopic (exact) mass is 475 g/mol. The fourth-order valence-electron chi connectivity index (χ4n) is 3.78. The molecule has 0 saturated carbocycles. The average molecular weight is 476 g/mol. The molecule has 2 amide bonds. The lowest BCUT2D eigenvalue weighted by molar-refractivity contribution is -0.139. The van der Waals surface area contributed by atoms with Gasteiger partial charge in [0.2, 0.25) is 10.0 Å². The van der Waals surface area contributed by atoms with Gasteiger partial charge in [-0.1, -0.05) is 0 Å². The summed E-state index contributed by atoms with van der Waals surface area (Å²) in [6.07, 6.45) is 0. The van der Waals surface area contributed by atoms with Crippen LogP contribution in [-0.2, 0) is 24.3 Å². The first kappa shape index (κ1) is 23.0. The molecule has 2 aliphatic heterocycles. The van der Waals surface area contributed by atoms with Gasteiger partial charge in [0, 0.05) is 24.4 Å². The Labute approximate surface area is 191 Å². The summed E-state index contributed by atoms with van der Waals surface area (Å²) >= 11 is 0. The number of hydrogen-bond donors (Lipinski definition) is 2. The second-order valence-corrected chi connectivity index (χ2v) is 9.47. The van der Waals surface area contributed by atoms with Gasteiger partial charge < -0.3 is 24.5 Å². The predicted molar refractivity (Wildman–Crippen MR) is 117 cm³/mol. The van der Waals surface area contributed by atoms with E-state index in [0.717, 1.165) is 0 Å². The molecule has 10 nitrogen and oxygen atoms in total. The van der Waals surface area contributed by atoms with Gasteiger partial charge in [-0.05, 0) is 50.2 Å². The molecule has 2 N–H and O–H groups in total. The number of benzene rings is 1. The lowest BCUT2D eigenvalue weighted by Gasteiger charge is -2.26. The Bertz CT molecular complexity index is 1180. The van der Waals surface area contributed by atoms with Gasteiger partial charge in [-0.2, -0.15) is 4.31 Å². The summed E-state index contributed by atoms with van der Waals surface area (Å²) in [5, 5.41) is 5.26. The highest BCUT2D eigenvalue weighted by atomic mass is 32.2. The molecule has 0 spiro atoms. The van der Waals surface area contributed by atoms with Gasteiger partial charge in [0.25, 0.3) is 0 Å². The topological polar surface area (TPSA) is 127 Å². The number of nitrogens with one attached hydrogen (secondary N) is 2. The van der Waals surface area contributed by atoms with Crippen molar-refractivity contribution in [1.82, 2.24) is 14.9 Å². The van der Waals surface area contributed by atoms with E-state index in [0.29, 0.717) is 49.1 Å². The third kappa shape index (κ3) is 4.65. The van der Waals surface area contributed by atoms with E-state index in [4.69, 9.17) is 13.9 Å². The molecule has 11 heteroatoms. The van der Waals surface area contributed by atoms with Gasteiger partial charge >= 0.3 is 12.0 Å². The molecule has 2 aliphatic rings. The number of morpholine rings is 1. The van der Waals surface area contributed by atoms with Gasteiger partial charge in [0.15, 0.2) is 0 Å². The first-order valence-electron chi connectivity index (χ1n) is 10.5.